The van der Waals surface area contributed by atoms with Crippen LogP contribution >= 0.6 is 8.00 Å². The molecule has 0 aromatic heterocycles. The molecule has 7 heteroatoms. The summed E-state index contributed by atoms with van der Waals surface area (Å²) >= 11 is 0. The minimum Gasteiger partial charge on any atom is -0.601 e. The molecule has 0 saturated heterocycles. The molecule has 0 aliphatic heterocycles. The summed E-state index contributed by atoms with van der Waals surface area (Å²) in [5, 5.41) is 17.5. The Morgan fingerprint density at radius 1 is 1.43 bits per heavy atom. The van der Waals surface area contributed by atoms with Gasteiger partial charge < -0.3 is 19.6 Å². The number of aliphatic hydroxyl groups is 1. The van der Waals surface area contributed by atoms with Crippen molar-refractivity contribution in [1.82, 2.24) is 0 Å². The van der Waals surface area contributed by atoms with Crippen LogP contribution in [-0.4, -0.2) is 60.4 Å². The maximum atomic E-state index is 11.1. The van der Waals surface area contributed by atoms with Crippen molar-refractivity contribution in [3.63, 3.8) is 0 Å². The molecule has 0 fully saturated rings. The zero-order valence-electron chi connectivity index (χ0n) is 8.43. The van der Waals surface area contributed by atoms with Crippen molar-refractivity contribution in [2.24, 2.45) is 0 Å². The minimum atomic E-state index is -2.41. The predicted octanol–water partition coefficient (Wildman–Crippen LogP) is -1.03. The molecule has 6 nitrogen and oxygen atoms in total. The predicted molar refractivity (Wildman–Crippen MR) is 50.4 cm³/mol. The number of aliphatic carboxylic acids is 1. The van der Waals surface area contributed by atoms with Gasteiger partial charge in [-0.25, -0.2) is 4.79 Å². The van der Waals surface area contributed by atoms with Crippen LogP contribution in [0, 0.1) is 0 Å². The third-order valence-corrected chi connectivity index (χ3v) is 2.06. The SMILES string of the molecule is C[N+](C)(C)C/C(O)=[P+](\[O-])OCC(=O)O. The van der Waals surface area contributed by atoms with Gasteiger partial charge in [-0.3, -0.25) is 0 Å². The zero-order chi connectivity index (χ0) is 11.4. The molecule has 0 aromatic rings. The number of quaternary nitrogens is 1. The largest absolute Gasteiger partial charge is 0.601 e. The van der Waals surface area contributed by atoms with Crippen LogP contribution in [-0.2, 0) is 9.32 Å². The van der Waals surface area contributed by atoms with Crippen molar-refractivity contribution >= 4 is 19.4 Å². The summed E-state index contributed by atoms with van der Waals surface area (Å²) in [5.41, 5.74) is -0.325. The maximum absolute atomic E-state index is 11.1. The van der Waals surface area contributed by atoms with Crippen molar-refractivity contribution in [3.8, 4) is 0 Å². The lowest BCUT2D eigenvalue weighted by atomic mass is 10.5. The van der Waals surface area contributed by atoms with E-state index in [1.54, 1.807) is 21.1 Å². The Morgan fingerprint density at radius 3 is 2.29 bits per heavy atom. The molecule has 0 radical (unpaired) electrons. The third kappa shape index (κ3) is 6.94. The number of carbonyl (C=O) groups is 1. The van der Waals surface area contributed by atoms with Gasteiger partial charge in [0.2, 0.25) is 0 Å². The van der Waals surface area contributed by atoms with Crippen LogP contribution < -0.4 is 4.89 Å². The van der Waals surface area contributed by atoms with Crippen molar-refractivity contribution in [2.75, 3.05) is 34.3 Å². The minimum absolute atomic E-state index is 0.162. The second-order valence-electron chi connectivity index (χ2n) is 3.79. The normalized spacial score (nSPS) is 13.8. The molecular weight excluding hydrogens is 209 g/mol. The van der Waals surface area contributed by atoms with Crippen molar-refractivity contribution < 1.29 is 28.9 Å². The van der Waals surface area contributed by atoms with Gasteiger partial charge in [0.1, 0.15) is 0 Å². The third-order valence-electron chi connectivity index (χ3n) is 1.13. The molecular formula is C7H15NO5P+. The molecule has 2 N–H and O–H groups in total. The molecule has 1 atom stereocenters. The van der Waals surface area contributed by atoms with Gasteiger partial charge in [-0.1, -0.05) is 0 Å². The van der Waals surface area contributed by atoms with Crippen LogP contribution in [0.2, 0.25) is 0 Å². The van der Waals surface area contributed by atoms with E-state index in [0.29, 0.717) is 4.48 Å². The van der Waals surface area contributed by atoms with E-state index in [4.69, 9.17) is 5.11 Å². The molecule has 0 bridgehead atoms. The van der Waals surface area contributed by atoms with Crippen molar-refractivity contribution in [2.45, 2.75) is 0 Å². The number of likely N-dealkylation sites (N-methyl/N-ethyl adjacent to an activating group) is 1. The number of aliphatic hydroxyl groups excluding tert-OH is 1. The Kier molecular flexibility index (Phi) is 5.18. The molecule has 0 spiro atoms. The molecule has 14 heavy (non-hydrogen) atoms. The highest BCUT2D eigenvalue weighted by Crippen LogP contribution is 2.15. The number of carboxylic acids is 1. The van der Waals surface area contributed by atoms with Gasteiger partial charge >= 0.3 is 11.4 Å². The lowest BCUT2D eigenvalue weighted by molar-refractivity contribution is -0.861. The summed E-state index contributed by atoms with van der Waals surface area (Å²) < 4.78 is 4.82. The summed E-state index contributed by atoms with van der Waals surface area (Å²) in [5.74, 6) is -1.22. The standard InChI is InChI=1S/C7H14NO5P/c1-8(2,3)4-7(11)14(12)13-5-6(9)10/h4-5H2,1-3H3,(H-,9,10,11)/p+1. The highest BCUT2D eigenvalue weighted by Gasteiger charge is 2.19. The molecule has 0 rings (SSSR count). The van der Waals surface area contributed by atoms with E-state index in [1.165, 1.54) is 0 Å². The lowest BCUT2D eigenvalue weighted by Gasteiger charge is -2.21. The van der Waals surface area contributed by atoms with E-state index < -0.39 is 20.6 Å². The molecule has 0 heterocycles. The van der Waals surface area contributed by atoms with Crippen LogP contribution in [0.3, 0.4) is 0 Å². The van der Waals surface area contributed by atoms with Crippen LogP contribution in [0.15, 0.2) is 0 Å². The Hall–Kier alpha value is -0.520. The molecule has 0 amide bonds. The zero-order valence-corrected chi connectivity index (χ0v) is 9.32. The second-order valence-corrected chi connectivity index (χ2v) is 5.08. The quantitative estimate of drug-likeness (QED) is 0.460. The summed E-state index contributed by atoms with van der Waals surface area (Å²) in [7, 11) is 2.99. The number of hydrogen-bond acceptors (Lipinski definition) is 3. The Balaban J connectivity index is 4.22. The Bertz CT molecular complexity index is 245. The first kappa shape index (κ1) is 13.5. The maximum Gasteiger partial charge on any atom is 0.334 e. The summed E-state index contributed by atoms with van der Waals surface area (Å²) in [4.78, 5) is 21.2. The summed E-state index contributed by atoms with van der Waals surface area (Å²) in [6.07, 6.45) is 0. The molecule has 0 saturated carbocycles. The van der Waals surface area contributed by atoms with Crippen LogP contribution in [0.25, 0.3) is 0 Å². The number of nitrogens with zero attached hydrogens (tertiary/aromatic N) is 1. The van der Waals surface area contributed by atoms with Gasteiger partial charge in [0.05, 0.1) is 21.1 Å². The van der Waals surface area contributed by atoms with Crippen LogP contribution in [0.1, 0.15) is 0 Å². The Labute approximate surface area is 83.5 Å². The highest BCUT2D eigenvalue weighted by molar-refractivity contribution is 7.46. The van der Waals surface area contributed by atoms with Gasteiger partial charge in [0, 0.05) is 0 Å². The van der Waals surface area contributed by atoms with Gasteiger partial charge in [0.25, 0.3) is 8.00 Å². The van der Waals surface area contributed by atoms with Gasteiger partial charge in [-0.2, -0.15) is 4.52 Å². The van der Waals surface area contributed by atoms with Gasteiger partial charge in [-0.05, 0) is 0 Å². The molecule has 0 aromatic carbocycles. The fourth-order valence-corrected chi connectivity index (χ4v) is 1.59. The average molecular weight is 224 g/mol. The summed E-state index contributed by atoms with van der Waals surface area (Å²) in [6, 6.07) is 0. The average Bonchev–Trinajstić information content (AvgIpc) is 1.96. The molecule has 82 valence electrons. The monoisotopic (exact) mass is 224 g/mol. The number of rotatable bonds is 5. The van der Waals surface area contributed by atoms with Crippen LogP contribution in [0.5, 0.6) is 0 Å². The first-order valence-corrected chi connectivity index (χ1v) is 5.07. The molecule has 0 aliphatic rings. The molecule has 1 unspecified atom stereocenters. The number of hydrogen-bond donors (Lipinski definition) is 2. The van der Waals surface area contributed by atoms with E-state index in [-0.39, 0.29) is 12.0 Å². The van der Waals surface area contributed by atoms with Crippen molar-refractivity contribution in [1.29, 1.82) is 0 Å². The summed E-state index contributed by atoms with van der Waals surface area (Å²) in [6.45, 7) is -0.509. The van der Waals surface area contributed by atoms with E-state index in [9.17, 15) is 14.8 Å². The fourth-order valence-electron chi connectivity index (χ4n) is 0.670. The van der Waals surface area contributed by atoms with Crippen molar-refractivity contribution in [3.05, 3.63) is 0 Å². The Morgan fingerprint density at radius 2 is 1.93 bits per heavy atom. The van der Waals surface area contributed by atoms with E-state index >= 15 is 0 Å². The smallest absolute Gasteiger partial charge is 0.334 e. The van der Waals surface area contributed by atoms with E-state index in [0.717, 1.165) is 0 Å². The topological polar surface area (TPSA) is 89.8 Å². The number of carboxylic acid groups (broad SMARTS) is 1. The highest BCUT2D eigenvalue weighted by atomic mass is 31.1. The van der Waals surface area contributed by atoms with E-state index in [1.807, 2.05) is 0 Å². The first-order valence-electron chi connectivity index (χ1n) is 3.89. The molecule has 0 aliphatic carbocycles. The van der Waals surface area contributed by atoms with Gasteiger partial charge in [0.15, 0.2) is 13.2 Å². The van der Waals surface area contributed by atoms with Crippen LogP contribution in [0.4, 0.5) is 0 Å². The second kappa shape index (κ2) is 5.38. The fraction of sp³-hybridized carbons (Fsp3) is 0.714. The van der Waals surface area contributed by atoms with E-state index in [2.05, 4.69) is 4.52 Å². The first-order chi connectivity index (χ1) is 6.22. The van der Waals surface area contributed by atoms with Gasteiger partial charge in [-0.15, -0.1) is 0 Å². The lowest BCUT2D eigenvalue weighted by Crippen LogP contribution is -2.39.